The second kappa shape index (κ2) is 7.30. The molecule has 1 N–H and O–H groups in total. The highest BCUT2D eigenvalue weighted by Gasteiger charge is 2.32. The third-order valence-electron chi connectivity index (χ3n) is 4.54. The van der Waals surface area contributed by atoms with E-state index in [0.29, 0.717) is 11.5 Å². The van der Waals surface area contributed by atoms with Gasteiger partial charge in [0.15, 0.2) is 0 Å². The van der Waals surface area contributed by atoms with E-state index in [1.807, 2.05) is 0 Å². The minimum absolute atomic E-state index is 0.268. The molecule has 0 spiro atoms. The summed E-state index contributed by atoms with van der Waals surface area (Å²) in [4.78, 5) is 0. The highest BCUT2D eigenvalue weighted by molar-refractivity contribution is 5.29. The smallest absolute Gasteiger partial charge is 0.310 e. The summed E-state index contributed by atoms with van der Waals surface area (Å²) in [7, 11) is 0. The molecule has 1 atom stereocenters. The molecular weight excluding hydrogens is 275 g/mol. The van der Waals surface area contributed by atoms with Crippen molar-refractivity contribution in [3.63, 3.8) is 0 Å². The van der Waals surface area contributed by atoms with Gasteiger partial charge in [-0.05, 0) is 37.3 Å². The van der Waals surface area contributed by atoms with Crippen LogP contribution < -0.4 is 5.32 Å². The summed E-state index contributed by atoms with van der Waals surface area (Å²) < 4.78 is 38.9. The zero-order chi connectivity index (χ0) is 15.3. The van der Waals surface area contributed by atoms with Gasteiger partial charge in [-0.25, -0.2) is 0 Å². The van der Waals surface area contributed by atoms with E-state index in [2.05, 4.69) is 12.2 Å². The van der Waals surface area contributed by atoms with Gasteiger partial charge in [0.1, 0.15) is 0 Å². The lowest BCUT2D eigenvalue weighted by Crippen LogP contribution is -2.33. The van der Waals surface area contributed by atoms with Crippen molar-refractivity contribution in [2.24, 2.45) is 5.92 Å². The number of rotatable bonds is 4. The largest absolute Gasteiger partial charge is 0.416 e. The molecule has 1 saturated carbocycles. The summed E-state index contributed by atoms with van der Waals surface area (Å²) in [5.41, 5.74) is -0.184. The van der Waals surface area contributed by atoms with Crippen molar-refractivity contribution in [1.82, 2.24) is 5.32 Å². The fourth-order valence-corrected chi connectivity index (χ4v) is 3.20. The van der Waals surface area contributed by atoms with E-state index in [4.69, 9.17) is 0 Å². The fourth-order valence-electron chi connectivity index (χ4n) is 3.20. The highest BCUT2D eigenvalue weighted by Crippen LogP contribution is 2.32. The maximum Gasteiger partial charge on any atom is 0.416 e. The van der Waals surface area contributed by atoms with Crippen molar-refractivity contribution in [1.29, 1.82) is 0 Å². The van der Waals surface area contributed by atoms with Crippen molar-refractivity contribution >= 4 is 0 Å². The molecule has 0 aliphatic heterocycles. The molecule has 1 nitrogen and oxygen atoms in total. The molecule has 0 saturated heterocycles. The number of hydrogen-bond acceptors (Lipinski definition) is 1. The molecule has 0 heterocycles. The number of nitrogens with one attached hydrogen (secondary N) is 1. The molecule has 1 aromatic rings. The molecule has 118 valence electrons. The van der Waals surface area contributed by atoms with Crippen LogP contribution in [0.15, 0.2) is 24.3 Å². The number of halogens is 3. The van der Waals surface area contributed by atoms with Gasteiger partial charge >= 0.3 is 6.18 Å². The van der Waals surface area contributed by atoms with Crippen LogP contribution in [-0.4, -0.2) is 6.04 Å². The quantitative estimate of drug-likeness (QED) is 0.758. The molecule has 1 aliphatic carbocycles. The lowest BCUT2D eigenvalue weighted by atomic mass is 9.92. The zero-order valence-electron chi connectivity index (χ0n) is 12.5. The Labute approximate surface area is 124 Å². The lowest BCUT2D eigenvalue weighted by Gasteiger charge is -2.24. The summed E-state index contributed by atoms with van der Waals surface area (Å²) >= 11 is 0. The molecule has 0 aromatic heterocycles. The molecule has 1 fully saturated rings. The molecule has 1 aliphatic rings. The Morgan fingerprint density at radius 1 is 1.10 bits per heavy atom. The normalized spacial score (nSPS) is 19.2. The third kappa shape index (κ3) is 4.73. The first kappa shape index (κ1) is 16.3. The summed E-state index contributed by atoms with van der Waals surface area (Å²) in [6, 6.07) is 6.11. The van der Waals surface area contributed by atoms with Crippen molar-refractivity contribution in [2.75, 3.05) is 0 Å². The number of benzene rings is 1. The molecule has 0 bridgehead atoms. The van der Waals surface area contributed by atoms with E-state index in [0.717, 1.165) is 6.07 Å². The first-order valence-electron chi connectivity index (χ1n) is 7.87. The van der Waals surface area contributed by atoms with E-state index < -0.39 is 11.7 Å². The van der Waals surface area contributed by atoms with Gasteiger partial charge < -0.3 is 5.32 Å². The molecular formula is C17H24F3N. The van der Waals surface area contributed by atoms with Gasteiger partial charge in [0.05, 0.1) is 5.56 Å². The molecule has 2 rings (SSSR count). The van der Waals surface area contributed by atoms with Crippen LogP contribution in [0.1, 0.15) is 56.6 Å². The van der Waals surface area contributed by atoms with Crippen LogP contribution >= 0.6 is 0 Å². The van der Waals surface area contributed by atoms with E-state index >= 15 is 0 Å². The Hall–Kier alpha value is -1.03. The van der Waals surface area contributed by atoms with Crippen molar-refractivity contribution in [2.45, 2.75) is 64.2 Å². The van der Waals surface area contributed by atoms with Crippen molar-refractivity contribution in [3.8, 4) is 0 Å². The summed E-state index contributed by atoms with van der Waals surface area (Å²) in [6.45, 7) is 2.39. The van der Waals surface area contributed by atoms with Gasteiger partial charge in [-0.3, -0.25) is 0 Å². The topological polar surface area (TPSA) is 12.0 Å². The summed E-state index contributed by atoms with van der Waals surface area (Å²) in [5, 5.41) is 3.31. The van der Waals surface area contributed by atoms with E-state index in [1.54, 1.807) is 12.1 Å². The van der Waals surface area contributed by atoms with Crippen molar-refractivity contribution < 1.29 is 13.2 Å². The second-order valence-electron chi connectivity index (χ2n) is 6.08. The Morgan fingerprint density at radius 3 is 2.33 bits per heavy atom. The number of hydrogen-bond donors (Lipinski definition) is 1. The molecule has 0 radical (unpaired) electrons. The van der Waals surface area contributed by atoms with Crippen LogP contribution in [0.2, 0.25) is 0 Å². The predicted molar refractivity (Wildman–Crippen MR) is 78.9 cm³/mol. The van der Waals surface area contributed by atoms with Crippen LogP contribution in [0.5, 0.6) is 0 Å². The van der Waals surface area contributed by atoms with Crippen LogP contribution in [0.4, 0.5) is 13.2 Å². The summed E-state index contributed by atoms with van der Waals surface area (Å²) in [6.07, 6.45) is 3.18. The van der Waals surface area contributed by atoms with Crippen LogP contribution in [0.25, 0.3) is 0 Å². The maximum absolute atomic E-state index is 13.0. The minimum Gasteiger partial charge on any atom is -0.310 e. The van der Waals surface area contributed by atoms with Crippen LogP contribution in [-0.2, 0) is 12.7 Å². The lowest BCUT2D eigenvalue weighted by molar-refractivity contribution is -0.138. The molecule has 0 amide bonds. The van der Waals surface area contributed by atoms with E-state index in [-0.39, 0.29) is 12.6 Å². The Bertz CT molecular complexity index is 434. The molecule has 1 aromatic carbocycles. The van der Waals surface area contributed by atoms with E-state index in [1.165, 1.54) is 44.6 Å². The summed E-state index contributed by atoms with van der Waals surface area (Å²) in [5.74, 6) is 0.588. The Balaban J connectivity index is 1.96. The standard InChI is InChI=1S/C17H24F3N/c1-13(14-8-4-2-3-5-9-14)21-12-15-10-6-7-11-16(15)17(18,19)20/h6-7,10-11,13-14,21H,2-5,8-9,12H2,1H3/t13-/m0/s1. The van der Waals surface area contributed by atoms with Gasteiger partial charge in [-0.1, -0.05) is 43.9 Å². The SMILES string of the molecule is C[C@H](NCc1ccccc1C(F)(F)F)C1CCCCCC1. The van der Waals surface area contributed by atoms with Gasteiger partial charge in [-0.2, -0.15) is 13.2 Å². The average Bonchev–Trinajstić information content (AvgIpc) is 2.73. The highest BCUT2D eigenvalue weighted by atomic mass is 19.4. The van der Waals surface area contributed by atoms with Crippen LogP contribution in [0.3, 0.4) is 0 Å². The maximum atomic E-state index is 13.0. The first-order chi connectivity index (χ1) is 9.98. The fraction of sp³-hybridized carbons (Fsp3) is 0.647. The van der Waals surface area contributed by atoms with Gasteiger partial charge in [-0.15, -0.1) is 0 Å². The van der Waals surface area contributed by atoms with Gasteiger partial charge in [0.25, 0.3) is 0 Å². The predicted octanol–water partition coefficient (Wildman–Crippen LogP) is 5.15. The average molecular weight is 299 g/mol. The Kier molecular flexibility index (Phi) is 5.68. The number of alkyl halides is 3. The second-order valence-corrected chi connectivity index (χ2v) is 6.08. The van der Waals surface area contributed by atoms with E-state index in [9.17, 15) is 13.2 Å². The first-order valence-corrected chi connectivity index (χ1v) is 7.87. The van der Waals surface area contributed by atoms with Crippen molar-refractivity contribution in [3.05, 3.63) is 35.4 Å². The Morgan fingerprint density at radius 2 is 1.71 bits per heavy atom. The molecule has 21 heavy (non-hydrogen) atoms. The van der Waals surface area contributed by atoms with Gasteiger partial charge in [0, 0.05) is 12.6 Å². The minimum atomic E-state index is -4.27. The van der Waals surface area contributed by atoms with Gasteiger partial charge in [0.2, 0.25) is 0 Å². The third-order valence-corrected chi connectivity index (χ3v) is 4.54. The monoisotopic (exact) mass is 299 g/mol. The molecule has 0 unspecified atom stereocenters. The van der Waals surface area contributed by atoms with Crippen LogP contribution in [0, 0.1) is 5.92 Å². The zero-order valence-corrected chi connectivity index (χ0v) is 12.5. The molecule has 4 heteroatoms.